The van der Waals surface area contributed by atoms with Crippen LogP contribution in [0.25, 0.3) is 50.3 Å². The highest BCUT2D eigenvalue weighted by Gasteiger charge is 2.20. The normalized spacial score (nSPS) is 12.1. The summed E-state index contributed by atoms with van der Waals surface area (Å²) in [5.74, 6) is 0.650. The van der Waals surface area contributed by atoms with Crippen LogP contribution in [0.4, 0.5) is 0 Å². The highest BCUT2D eigenvalue weighted by molar-refractivity contribution is 7.89. The van der Waals surface area contributed by atoms with Crippen LogP contribution in [0.5, 0.6) is 0 Å². The van der Waals surface area contributed by atoms with Crippen molar-refractivity contribution < 1.29 is 8.42 Å². The van der Waals surface area contributed by atoms with E-state index in [0.29, 0.717) is 16.9 Å². The molecule has 10 nitrogen and oxygen atoms in total. The lowest BCUT2D eigenvalue weighted by atomic mass is 10.1. The molecule has 38 heavy (non-hydrogen) atoms. The molecule has 0 amide bonds. The number of aromatic nitrogens is 6. The Morgan fingerprint density at radius 2 is 1.50 bits per heavy atom. The maximum Gasteiger partial charge on any atom is 0.328 e. The predicted octanol–water partition coefficient (Wildman–Crippen LogP) is 3.19. The van der Waals surface area contributed by atoms with Gasteiger partial charge in [-0.05, 0) is 49.0 Å². The number of imidazole rings is 2. The van der Waals surface area contributed by atoms with Crippen LogP contribution in [0, 0.1) is 0 Å². The predicted molar refractivity (Wildman–Crippen MR) is 147 cm³/mol. The Hall–Kier alpha value is -4.48. The SMILES string of the molecule is CNS(=O)(=O)c1ccc2nc(-c3ccc(-c4cnn(C)c4)cc3)n(-c3ccc4c(c3)n(C)c(=O)n4C)c2c1. The van der Waals surface area contributed by atoms with Gasteiger partial charge in [-0.1, -0.05) is 24.3 Å². The second-order valence-corrected chi connectivity index (χ2v) is 11.1. The van der Waals surface area contributed by atoms with Gasteiger partial charge in [-0.15, -0.1) is 0 Å². The summed E-state index contributed by atoms with van der Waals surface area (Å²) in [7, 11) is 3.06. The van der Waals surface area contributed by atoms with Crippen LogP contribution in [0.3, 0.4) is 0 Å². The topological polar surface area (TPSA) is 109 Å². The summed E-state index contributed by atoms with van der Waals surface area (Å²) >= 11 is 0. The molecule has 0 spiro atoms. The molecular formula is C27H25N7O3S. The van der Waals surface area contributed by atoms with E-state index in [4.69, 9.17) is 4.98 Å². The van der Waals surface area contributed by atoms with Crippen molar-refractivity contribution in [1.82, 2.24) is 33.2 Å². The Kier molecular flexibility index (Phi) is 5.37. The average molecular weight is 528 g/mol. The van der Waals surface area contributed by atoms with Crippen LogP contribution < -0.4 is 10.4 Å². The molecule has 0 saturated carbocycles. The van der Waals surface area contributed by atoms with E-state index in [1.165, 1.54) is 7.05 Å². The lowest BCUT2D eigenvalue weighted by Gasteiger charge is -2.11. The van der Waals surface area contributed by atoms with Gasteiger partial charge in [-0.2, -0.15) is 5.10 Å². The van der Waals surface area contributed by atoms with Gasteiger partial charge in [0.2, 0.25) is 10.0 Å². The molecule has 6 aromatic rings. The van der Waals surface area contributed by atoms with E-state index in [0.717, 1.165) is 33.4 Å². The lowest BCUT2D eigenvalue weighted by Crippen LogP contribution is -2.19. The maximum atomic E-state index is 12.6. The van der Waals surface area contributed by atoms with Crippen LogP contribution >= 0.6 is 0 Å². The zero-order chi connectivity index (χ0) is 26.8. The van der Waals surface area contributed by atoms with Crippen molar-refractivity contribution in [1.29, 1.82) is 0 Å². The number of hydrogen-bond donors (Lipinski definition) is 1. The highest BCUT2D eigenvalue weighted by Crippen LogP contribution is 2.32. The van der Waals surface area contributed by atoms with E-state index in [1.54, 1.807) is 46.1 Å². The minimum atomic E-state index is -3.67. The molecule has 0 unspecified atom stereocenters. The molecule has 192 valence electrons. The van der Waals surface area contributed by atoms with E-state index >= 15 is 0 Å². The molecule has 3 aromatic carbocycles. The standard InChI is InChI=1S/C27H25N7O3S/c1-28-38(36,37)21-10-11-22-24(14-21)34(20-9-12-23-25(13-20)33(4)27(35)32(23)3)26(30-22)18-7-5-17(6-8-18)19-15-29-31(2)16-19/h5-16,28H,1-4H3. The zero-order valence-electron chi connectivity index (χ0n) is 21.2. The third-order valence-electron chi connectivity index (χ3n) is 6.90. The van der Waals surface area contributed by atoms with Crippen molar-refractivity contribution >= 4 is 32.1 Å². The first-order valence-electron chi connectivity index (χ1n) is 11.9. The Morgan fingerprint density at radius 3 is 2.18 bits per heavy atom. The molecule has 0 aliphatic rings. The second-order valence-electron chi connectivity index (χ2n) is 9.18. The van der Waals surface area contributed by atoms with E-state index in [1.807, 2.05) is 66.5 Å². The van der Waals surface area contributed by atoms with Crippen molar-refractivity contribution in [2.75, 3.05) is 7.05 Å². The second kappa shape index (κ2) is 8.54. The maximum absolute atomic E-state index is 12.6. The number of hydrogen-bond acceptors (Lipinski definition) is 5. The average Bonchev–Trinajstić information content (AvgIpc) is 3.59. The van der Waals surface area contributed by atoms with E-state index in [9.17, 15) is 13.2 Å². The number of benzene rings is 3. The summed E-state index contributed by atoms with van der Waals surface area (Å²) in [6, 6.07) is 18.6. The molecular weight excluding hydrogens is 502 g/mol. The monoisotopic (exact) mass is 527 g/mol. The third kappa shape index (κ3) is 3.66. The number of sulfonamides is 1. The third-order valence-corrected chi connectivity index (χ3v) is 8.31. The zero-order valence-corrected chi connectivity index (χ0v) is 22.1. The minimum absolute atomic E-state index is 0.124. The first kappa shape index (κ1) is 23.9. The summed E-state index contributed by atoms with van der Waals surface area (Å²) in [5, 5.41) is 4.25. The number of aryl methyl sites for hydroxylation is 3. The molecule has 3 heterocycles. The molecule has 0 aliphatic carbocycles. The van der Waals surface area contributed by atoms with Crippen molar-refractivity contribution in [2.24, 2.45) is 21.1 Å². The first-order chi connectivity index (χ1) is 18.2. The molecule has 0 saturated heterocycles. The smallest absolute Gasteiger partial charge is 0.295 e. The Labute approximate surface area is 218 Å². The van der Waals surface area contributed by atoms with Crippen molar-refractivity contribution in [3.05, 3.63) is 83.5 Å². The number of fused-ring (bicyclic) bond motifs is 2. The van der Waals surface area contributed by atoms with Gasteiger partial charge in [-0.3, -0.25) is 18.4 Å². The van der Waals surface area contributed by atoms with Crippen LogP contribution in [0.15, 0.2) is 82.7 Å². The van der Waals surface area contributed by atoms with Gasteiger partial charge < -0.3 is 0 Å². The van der Waals surface area contributed by atoms with Crippen LogP contribution in [0.2, 0.25) is 0 Å². The summed E-state index contributed by atoms with van der Waals surface area (Å²) in [4.78, 5) is 17.6. The van der Waals surface area contributed by atoms with Gasteiger partial charge >= 0.3 is 5.69 Å². The molecule has 0 atom stereocenters. The van der Waals surface area contributed by atoms with Gasteiger partial charge in [0.05, 0.1) is 33.2 Å². The molecule has 0 aliphatic heterocycles. The van der Waals surface area contributed by atoms with Gasteiger partial charge in [0.25, 0.3) is 0 Å². The molecule has 0 bridgehead atoms. The van der Waals surface area contributed by atoms with Crippen molar-refractivity contribution in [3.63, 3.8) is 0 Å². The molecule has 11 heteroatoms. The minimum Gasteiger partial charge on any atom is -0.295 e. The summed E-state index contributed by atoms with van der Waals surface area (Å²) in [5.41, 5.74) is 6.35. The van der Waals surface area contributed by atoms with Gasteiger partial charge in [0, 0.05) is 44.2 Å². The van der Waals surface area contributed by atoms with E-state index < -0.39 is 10.0 Å². The van der Waals surface area contributed by atoms with Gasteiger partial charge in [0.1, 0.15) is 5.82 Å². The summed E-state index contributed by atoms with van der Waals surface area (Å²) < 4.78 is 34.5. The Balaban J connectivity index is 1.60. The number of nitrogens with one attached hydrogen (secondary N) is 1. The van der Waals surface area contributed by atoms with Crippen molar-refractivity contribution in [3.8, 4) is 28.2 Å². The molecule has 0 radical (unpaired) electrons. The molecule has 1 N–H and O–H groups in total. The highest BCUT2D eigenvalue weighted by atomic mass is 32.2. The molecule has 0 fully saturated rings. The number of nitrogens with zero attached hydrogens (tertiary/aromatic N) is 6. The van der Waals surface area contributed by atoms with Crippen LogP contribution in [-0.2, 0) is 31.2 Å². The van der Waals surface area contributed by atoms with Crippen molar-refractivity contribution in [2.45, 2.75) is 4.90 Å². The summed E-state index contributed by atoms with van der Waals surface area (Å²) in [6.07, 6.45) is 3.76. The summed E-state index contributed by atoms with van der Waals surface area (Å²) in [6.45, 7) is 0. The fourth-order valence-corrected chi connectivity index (χ4v) is 5.56. The number of rotatable bonds is 5. The van der Waals surface area contributed by atoms with E-state index in [-0.39, 0.29) is 10.6 Å². The van der Waals surface area contributed by atoms with Crippen LogP contribution in [0.1, 0.15) is 0 Å². The van der Waals surface area contributed by atoms with E-state index in [2.05, 4.69) is 9.82 Å². The van der Waals surface area contributed by atoms with Gasteiger partial charge in [-0.25, -0.2) is 22.9 Å². The molecule has 3 aromatic heterocycles. The fourth-order valence-electron chi connectivity index (χ4n) is 4.81. The van der Waals surface area contributed by atoms with Gasteiger partial charge in [0.15, 0.2) is 0 Å². The Bertz CT molecular complexity index is 2030. The van der Waals surface area contributed by atoms with Crippen LogP contribution in [-0.4, -0.2) is 43.9 Å². The first-order valence-corrected chi connectivity index (χ1v) is 13.4. The largest absolute Gasteiger partial charge is 0.328 e. The quantitative estimate of drug-likeness (QED) is 0.370. The fraction of sp³-hybridized carbons (Fsp3) is 0.148. The molecule has 6 rings (SSSR count). The Morgan fingerprint density at radius 1 is 0.789 bits per heavy atom. The lowest BCUT2D eigenvalue weighted by molar-refractivity contribution is 0.588.